The van der Waals surface area contributed by atoms with Gasteiger partial charge in [0.05, 0.1) is 16.5 Å². The number of esters is 1. The number of aromatic nitrogens is 1. The Balaban J connectivity index is 1.34. The molecule has 1 aromatic heterocycles. The zero-order valence-corrected chi connectivity index (χ0v) is 16.6. The molecule has 0 bridgehead atoms. The lowest BCUT2D eigenvalue weighted by atomic mass is 9.76. The van der Waals surface area contributed by atoms with Crippen LogP contribution in [-0.2, 0) is 9.53 Å². The Labute approximate surface area is 165 Å². The maximum absolute atomic E-state index is 12.7. The zero-order valence-electron chi connectivity index (χ0n) is 15.9. The van der Waals surface area contributed by atoms with E-state index in [0.717, 1.165) is 76.2 Å². The first-order valence-corrected chi connectivity index (χ1v) is 10.3. The van der Waals surface area contributed by atoms with Crippen molar-refractivity contribution < 1.29 is 14.6 Å². The largest absolute Gasteiger partial charge is 0.461 e. The molecule has 3 saturated heterocycles. The van der Waals surface area contributed by atoms with E-state index in [9.17, 15) is 9.90 Å². The molecule has 0 saturated carbocycles. The monoisotopic (exact) mass is 393 g/mol. The number of piperidine rings is 2. The normalized spacial score (nSPS) is 26.6. The fraction of sp³-hybridized carbons (Fsp3) is 0.700. The van der Waals surface area contributed by atoms with Gasteiger partial charge in [-0.05, 0) is 44.2 Å². The molecule has 3 fully saturated rings. The number of hydrogen-bond acceptors (Lipinski definition) is 6. The number of halogens is 1. The van der Waals surface area contributed by atoms with Crippen LogP contribution in [0.5, 0.6) is 0 Å². The molecule has 0 aliphatic carbocycles. The van der Waals surface area contributed by atoms with Crippen LogP contribution in [-0.4, -0.2) is 65.9 Å². The highest BCUT2D eigenvalue weighted by atomic mass is 35.5. The van der Waals surface area contributed by atoms with Gasteiger partial charge in [-0.2, -0.15) is 0 Å². The number of aliphatic hydroxyl groups is 1. The standard InChI is InChI=1S/C20H28ClN3O3/c1-14-10-18(22-12-17(14)21)24-8-4-20(5-9-24)11-16(27-19(20)26)13-23-6-2-15(25)3-7-23/h10,12,15-16,25H,2-9,11,13H2,1H3. The number of ether oxygens (including phenoxy) is 1. The number of anilines is 1. The molecule has 1 N–H and O–H groups in total. The third-order valence-electron chi connectivity index (χ3n) is 6.42. The molecular weight excluding hydrogens is 366 g/mol. The second-order valence-corrected chi connectivity index (χ2v) is 8.73. The van der Waals surface area contributed by atoms with Crippen molar-refractivity contribution in [2.45, 2.75) is 51.2 Å². The van der Waals surface area contributed by atoms with Crippen molar-refractivity contribution in [2.24, 2.45) is 5.41 Å². The Hall–Kier alpha value is -1.37. The van der Waals surface area contributed by atoms with Crippen molar-refractivity contribution in [3.63, 3.8) is 0 Å². The molecule has 4 heterocycles. The Kier molecular flexibility index (Phi) is 5.32. The van der Waals surface area contributed by atoms with Gasteiger partial charge in [-0.3, -0.25) is 9.69 Å². The first-order valence-electron chi connectivity index (χ1n) is 9.94. The van der Waals surface area contributed by atoms with Crippen LogP contribution in [0.4, 0.5) is 5.82 Å². The molecule has 1 aromatic rings. The van der Waals surface area contributed by atoms with Crippen molar-refractivity contribution >= 4 is 23.4 Å². The van der Waals surface area contributed by atoms with E-state index in [2.05, 4.69) is 14.8 Å². The van der Waals surface area contributed by atoms with Crippen LogP contribution in [0.1, 0.15) is 37.7 Å². The quantitative estimate of drug-likeness (QED) is 0.795. The lowest BCUT2D eigenvalue weighted by molar-refractivity contribution is -0.150. The van der Waals surface area contributed by atoms with E-state index in [1.807, 2.05) is 13.0 Å². The van der Waals surface area contributed by atoms with E-state index in [0.29, 0.717) is 5.02 Å². The lowest BCUT2D eigenvalue weighted by Gasteiger charge is -2.37. The summed E-state index contributed by atoms with van der Waals surface area (Å²) in [6.45, 7) is 6.17. The Bertz CT molecular complexity index is 698. The van der Waals surface area contributed by atoms with Gasteiger partial charge in [0.2, 0.25) is 0 Å². The number of carbonyl (C=O) groups excluding carboxylic acids is 1. The number of hydrogen-bond donors (Lipinski definition) is 1. The SMILES string of the molecule is Cc1cc(N2CCC3(CC2)CC(CN2CCC(O)CC2)OC3=O)ncc1Cl. The molecule has 0 aromatic carbocycles. The Morgan fingerprint density at radius 2 is 2.00 bits per heavy atom. The summed E-state index contributed by atoms with van der Waals surface area (Å²) < 4.78 is 5.77. The number of nitrogens with zero attached hydrogens (tertiary/aromatic N) is 3. The van der Waals surface area contributed by atoms with Gasteiger partial charge in [0.25, 0.3) is 0 Å². The van der Waals surface area contributed by atoms with Gasteiger partial charge < -0.3 is 14.7 Å². The first-order chi connectivity index (χ1) is 12.9. The zero-order chi connectivity index (χ0) is 19.0. The molecule has 1 spiro atoms. The second-order valence-electron chi connectivity index (χ2n) is 8.32. The Morgan fingerprint density at radius 3 is 2.67 bits per heavy atom. The molecular formula is C20H28ClN3O3. The van der Waals surface area contributed by atoms with Gasteiger partial charge in [-0.1, -0.05) is 11.6 Å². The van der Waals surface area contributed by atoms with E-state index >= 15 is 0 Å². The average Bonchev–Trinajstić information content (AvgIpc) is 2.95. The number of carbonyl (C=O) groups is 1. The van der Waals surface area contributed by atoms with Gasteiger partial charge in [-0.15, -0.1) is 0 Å². The van der Waals surface area contributed by atoms with Gasteiger partial charge in [0.15, 0.2) is 0 Å². The second kappa shape index (κ2) is 7.57. The highest BCUT2D eigenvalue weighted by molar-refractivity contribution is 6.31. The molecule has 1 unspecified atom stereocenters. The lowest BCUT2D eigenvalue weighted by Crippen LogP contribution is -2.43. The van der Waals surface area contributed by atoms with Crippen LogP contribution in [0, 0.1) is 12.3 Å². The predicted octanol–water partition coefficient (Wildman–Crippen LogP) is 2.40. The molecule has 7 heteroatoms. The number of pyridine rings is 1. The van der Waals surface area contributed by atoms with Gasteiger partial charge >= 0.3 is 5.97 Å². The average molecular weight is 394 g/mol. The van der Waals surface area contributed by atoms with E-state index in [-0.39, 0.29) is 23.6 Å². The highest BCUT2D eigenvalue weighted by Crippen LogP contribution is 2.44. The number of cyclic esters (lactones) is 1. The number of aryl methyl sites for hydroxylation is 1. The van der Waals surface area contributed by atoms with Crippen LogP contribution < -0.4 is 4.90 Å². The third kappa shape index (κ3) is 3.93. The van der Waals surface area contributed by atoms with Crippen LogP contribution in [0.2, 0.25) is 5.02 Å². The minimum Gasteiger partial charge on any atom is -0.461 e. The van der Waals surface area contributed by atoms with Crippen molar-refractivity contribution in [1.29, 1.82) is 0 Å². The molecule has 148 valence electrons. The number of rotatable bonds is 3. The summed E-state index contributed by atoms with van der Waals surface area (Å²) in [5, 5.41) is 10.3. The minimum absolute atomic E-state index is 0.0183. The topological polar surface area (TPSA) is 65.9 Å². The summed E-state index contributed by atoms with van der Waals surface area (Å²) in [7, 11) is 0. The van der Waals surface area contributed by atoms with Crippen molar-refractivity contribution in [3.8, 4) is 0 Å². The minimum atomic E-state index is -0.335. The molecule has 0 amide bonds. The molecule has 3 aliphatic rings. The van der Waals surface area contributed by atoms with E-state index in [1.165, 1.54) is 0 Å². The summed E-state index contributed by atoms with van der Waals surface area (Å²) in [5.41, 5.74) is 0.687. The molecule has 0 radical (unpaired) electrons. The van der Waals surface area contributed by atoms with E-state index < -0.39 is 0 Å². The highest BCUT2D eigenvalue weighted by Gasteiger charge is 2.50. The first kappa shape index (κ1) is 19.0. The van der Waals surface area contributed by atoms with Gasteiger partial charge in [0.1, 0.15) is 11.9 Å². The Morgan fingerprint density at radius 1 is 1.30 bits per heavy atom. The summed E-state index contributed by atoms with van der Waals surface area (Å²) in [6, 6.07) is 2.01. The van der Waals surface area contributed by atoms with Crippen LogP contribution in [0.25, 0.3) is 0 Å². The van der Waals surface area contributed by atoms with Gasteiger partial charge in [-0.25, -0.2) is 4.98 Å². The fourth-order valence-corrected chi connectivity index (χ4v) is 4.70. The molecule has 27 heavy (non-hydrogen) atoms. The van der Waals surface area contributed by atoms with E-state index in [1.54, 1.807) is 6.20 Å². The van der Waals surface area contributed by atoms with Crippen LogP contribution >= 0.6 is 11.6 Å². The summed E-state index contributed by atoms with van der Waals surface area (Å²) in [4.78, 5) is 21.7. The molecule has 1 atom stereocenters. The van der Waals surface area contributed by atoms with Crippen molar-refractivity contribution in [1.82, 2.24) is 9.88 Å². The van der Waals surface area contributed by atoms with Crippen LogP contribution in [0.3, 0.4) is 0 Å². The van der Waals surface area contributed by atoms with Crippen LogP contribution in [0.15, 0.2) is 12.3 Å². The summed E-state index contributed by atoms with van der Waals surface area (Å²) in [6.07, 6.45) is 5.57. The van der Waals surface area contributed by atoms with Crippen molar-refractivity contribution in [2.75, 3.05) is 37.6 Å². The fourth-order valence-electron chi connectivity index (χ4n) is 4.60. The maximum atomic E-state index is 12.7. The predicted molar refractivity (Wildman–Crippen MR) is 104 cm³/mol. The molecule has 3 aliphatic heterocycles. The third-order valence-corrected chi connectivity index (χ3v) is 6.82. The summed E-state index contributed by atoms with van der Waals surface area (Å²) in [5.74, 6) is 0.908. The molecule has 4 rings (SSSR count). The molecule has 6 nitrogen and oxygen atoms in total. The number of aliphatic hydroxyl groups excluding tert-OH is 1. The van der Waals surface area contributed by atoms with Crippen molar-refractivity contribution in [3.05, 3.63) is 22.8 Å². The number of likely N-dealkylation sites (tertiary alicyclic amines) is 1. The van der Waals surface area contributed by atoms with Gasteiger partial charge in [0, 0.05) is 45.3 Å². The summed E-state index contributed by atoms with van der Waals surface area (Å²) >= 11 is 6.08. The maximum Gasteiger partial charge on any atom is 0.312 e. The smallest absolute Gasteiger partial charge is 0.312 e. The van der Waals surface area contributed by atoms with E-state index in [4.69, 9.17) is 16.3 Å².